The van der Waals surface area contributed by atoms with Crippen molar-refractivity contribution in [2.45, 2.75) is 12.8 Å². The van der Waals surface area contributed by atoms with Gasteiger partial charge in [-0.1, -0.05) is 42.5 Å². The number of rotatable bonds is 4. The molecule has 0 saturated carbocycles. The lowest BCUT2D eigenvalue weighted by molar-refractivity contribution is 0.0967. The average molecular weight is 386 g/mol. The van der Waals surface area contributed by atoms with Gasteiger partial charge in [0.2, 0.25) is 0 Å². The maximum atomic E-state index is 12.7. The third-order valence-corrected chi connectivity index (χ3v) is 4.56. The van der Waals surface area contributed by atoms with Crippen LogP contribution in [-0.4, -0.2) is 11.8 Å². The topological polar surface area (TPSA) is 88.4 Å². The molecule has 0 spiro atoms. The van der Waals surface area contributed by atoms with Gasteiger partial charge in [-0.25, -0.2) is 0 Å². The molecule has 0 bridgehead atoms. The Balaban J connectivity index is 1.58. The summed E-state index contributed by atoms with van der Waals surface area (Å²) < 4.78 is 5.43. The number of nitrogens with one attached hydrogen (secondary N) is 2. The highest BCUT2D eigenvalue weighted by molar-refractivity contribution is 6.05. The Kier molecular flexibility index (Phi) is 5.07. The van der Waals surface area contributed by atoms with Crippen molar-refractivity contribution in [3.63, 3.8) is 0 Å². The van der Waals surface area contributed by atoms with Crippen molar-refractivity contribution < 1.29 is 14.0 Å². The van der Waals surface area contributed by atoms with E-state index in [2.05, 4.69) is 10.6 Å². The molecule has 0 atom stereocenters. The molecule has 144 valence electrons. The number of benzene rings is 2. The van der Waals surface area contributed by atoms with Crippen molar-refractivity contribution in [2.75, 3.05) is 10.6 Å². The van der Waals surface area contributed by atoms with E-state index in [1.54, 1.807) is 30.3 Å². The van der Waals surface area contributed by atoms with Crippen LogP contribution in [0.3, 0.4) is 0 Å². The number of amides is 2. The molecule has 2 amide bonds. The highest BCUT2D eigenvalue weighted by Gasteiger charge is 2.18. The zero-order valence-corrected chi connectivity index (χ0v) is 15.5. The molecule has 1 aliphatic rings. The molecule has 0 aliphatic heterocycles. The number of carbonyl (C=O) groups is 2. The van der Waals surface area contributed by atoms with Gasteiger partial charge in [-0.3, -0.25) is 14.4 Å². The van der Waals surface area contributed by atoms with Crippen LogP contribution in [0, 0.1) is 0 Å². The number of hydrogen-bond donors (Lipinski definition) is 2. The van der Waals surface area contributed by atoms with Crippen LogP contribution in [0.25, 0.3) is 6.08 Å². The van der Waals surface area contributed by atoms with Crippen molar-refractivity contribution in [3.8, 4) is 0 Å². The summed E-state index contributed by atoms with van der Waals surface area (Å²) >= 11 is 0. The summed E-state index contributed by atoms with van der Waals surface area (Å²) in [6, 6.07) is 16.6. The molecule has 1 aliphatic carbocycles. The van der Waals surface area contributed by atoms with E-state index in [-0.39, 0.29) is 11.5 Å². The lowest BCUT2D eigenvalue weighted by Gasteiger charge is -2.15. The van der Waals surface area contributed by atoms with Crippen LogP contribution in [0.5, 0.6) is 0 Å². The van der Waals surface area contributed by atoms with Crippen molar-refractivity contribution in [1.29, 1.82) is 0 Å². The fourth-order valence-corrected chi connectivity index (χ4v) is 3.18. The Hall–Kier alpha value is -3.93. The maximum absolute atomic E-state index is 12.7. The van der Waals surface area contributed by atoms with Gasteiger partial charge in [0, 0.05) is 29.1 Å². The van der Waals surface area contributed by atoms with Gasteiger partial charge in [-0.2, -0.15) is 0 Å². The van der Waals surface area contributed by atoms with Gasteiger partial charge in [-0.15, -0.1) is 0 Å². The van der Waals surface area contributed by atoms with Crippen molar-refractivity contribution in [3.05, 3.63) is 99.6 Å². The lowest BCUT2D eigenvalue weighted by atomic mass is 9.96. The maximum Gasteiger partial charge on any atom is 0.291 e. The number of hydrogen-bond acceptors (Lipinski definition) is 4. The van der Waals surface area contributed by atoms with Crippen molar-refractivity contribution in [2.24, 2.45) is 0 Å². The Bertz CT molecular complexity index is 1160. The standard InChI is InChI=1S/C23H18N2O4/c26-17-13-20(22(27)24-16-9-2-1-3-10-16)29-21(14-17)23(28)25-19-12-6-8-15-7-4-5-11-18(15)19/h1-3,5-6,8-14H,4,7H2,(H,24,27)(H,25,28). The Morgan fingerprint density at radius 3 is 2.34 bits per heavy atom. The number of carbonyl (C=O) groups excluding carboxylic acids is 2. The van der Waals surface area contributed by atoms with E-state index in [0.29, 0.717) is 11.4 Å². The van der Waals surface area contributed by atoms with Crippen LogP contribution >= 0.6 is 0 Å². The van der Waals surface area contributed by atoms with Crippen LogP contribution in [0.4, 0.5) is 11.4 Å². The van der Waals surface area contributed by atoms with Crippen LogP contribution in [-0.2, 0) is 6.42 Å². The highest BCUT2D eigenvalue weighted by atomic mass is 16.4. The highest BCUT2D eigenvalue weighted by Crippen LogP contribution is 2.27. The zero-order valence-electron chi connectivity index (χ0n) is 15.5. The van der Waals surface area contributed by atoms with Gasteiger partial charge < -0.3 is 15.1 Å². The summed E-state index contributed by atoms with van der Waals surface area (Å²) in [5.41, 5.74) is 2.77. The van der Waals surface area contributed by atoms with E-state index in [1.165, 1.54) is 0 Å². The molecule has 0 unspecified atom stereocenters. The minimum atomic E-state index is -0.608. The second-order valence-electron chi connectivity index (χ2n) is 6.62. The summed E-state index contributed by atoms with van der Waals surface area (Å²) in [5, 5.41) is 5.40. The molecule has 4 rings (SSSR count). The van der Waals surface area contributed by atoms with E-state index in [1.807, 2.05) is 30.4 Å². The van der Waals surface area contributed by atoms with E-state index in [0.717, 1.165) is 36.1 Å². The number of allylic oxidation sites excluding steroid dienone is 1. The fraction of sp³-hybridized carbons (Fsp3) is 0.0870. The van der Waals surface area contributed by atoms with Crippen LogP contribution in [0.15, 0.2) is 76.0 Å². The second kappa shape index (κ2) is 7.98. The van der Waals surface area contributed by atoms with E-state index >= 15 is 0 Å². The molecule has 3 aromatic rings. The molecule has 2 N–H and O–H groups in total. The smallest absolute Gasteiger partial charge is 0.291 e. The molecule has 1 aromatic heterocycles. The van der Waals surface area contributed by atoms with Crippen molar-refractivity contribution >= 4 is 29.3 Å². The first-order valence-corrected chi connectivity index (χ1v) is 9.21. The minimum absolute atomic E-state index is 0.229. The molecule has 6 nitrogen and oxygen atoms in total. The van der Waals surface area contributed by atoms with Crippen molar-refractivity contribution in [1.82, 2.24) is 0 Å². The number of aryl methyl sites for hydroxylation is 1. The fourth-order valence-electron chi connectivity index (χ4n) is 3.18. The molecule has 29 heavy (non-hydrogen) atoms. The predicted octanol–water partition coefficient (Wildman–Crippen LogP) is 4.10. The van der Waals surface area contributed by atoms with Gasteiger partial charge in [0.25, 0.3) is 11.8 Å². The number of anilines is 2. The summed E-state index contributed by atoms with van der Waals surface area (Å²) in [6.07, 6.45) is 5.87. The minimum Gasteiger partial charge on any atom is -0.445 e. The van der Waals surface area contributed by atoms with E-state index in [9.17, 15) is 14.4 Å². The molecule has 6 heteroatoms. The summed E-state index contributed by atoms with van der Waals surface area (Å²) in [7, 11) is 0. The van der Waals surface area contributed by atoms with E-state index < -0.39 is 17.2 Å². The molecule has 0 radical (unpaired) electrons. The van der Waals surface area contributed by atoms with Crippen LogP contribution < -0.4 is 16.1 Å². The molecule has 2 aromatic carbocycles. The van der Waals surface area contributed by atoms with Crippen LogP contribution in [0.1, 0.15) is 38.7 Å². The van der Waals surface area contributed by atoms with Gasteiger partial charge in [0.05, 0.1) is 0 Å². The number of fused-ring (bicyclic) bond motifs is 1. The van der Waals surface area contributed by atoms with E-state index in [4.69, 9.17) is 4.42 Å². The van der Waals surface area contributed by atoms with Gasteiger partial charge in [0.15, 0.2) is 16.9 Å². The quantitative estimate of drug-likeness (QED) is 0.706. The average Bonchev–Trinajstić information content (AvgIpc) is 2.74. The summed E-state index contributed by atoms with van der Waals surface area (Å²) in [5.74, 6) is -1.67. The number of para-hydroxylation sites is 1. The molecule has 0 saturated heterocycles. The first-order chi connectivity index (χ1) is 14.1. The molecule has 0 fully saturated rings. The summed E-state index contributed by atoms with van der Waals surface area (Å²) in [4.78, 5) is 37.1. The first kappa shape index (κ1) is 18.4. The molecular weight excluding hydrogens is 368 g/mol. The van der Waals surface area contributed by atoms with Gasteiger partial charge in [-0.05, 0) is 36.6 Å². The van der Waals surface area contributed by atoms with Gasteiger partial charge >= 0.3 is 0 Å². The second-order valence-corrected chi connectivity index (χ2v) is 6.62. The predicted molar refractivity (Wildman–Crippen MR) is 111 cm³/mol. The zero-order chi connectivity index (χ0) is 20.2. The lowest BCUT2D eigenvalue weighted by Crippen LogP contribution is -2.19. The third kappa shape index (κ3) is 4.16. The largest absolute Gasteiger partial charge is 0.445 e. The molecular formula is C23H18N2O4. The first-order valence-electron chi connectivity index (χ1n) is 9.21. The monoisotopic (exact) mass is 386 g/mol. The normalized spacial score (nSPS) is 12.1. The SMILES string of the molecule is O=C(Nc1ccccc1)c1cc(=O)cc(C(=O)Nc2cccc3c2C=CCC3)o1. The Labute approximate surface area is 166 Å². The Morgan fingerprint density at radius 2 is 1.59 bits per heavy atom. The summed E-state index contributed by atoms with van der Waals surface area (Å²) in [6.45, 7) is 0. The van der Waals surface area contributed by atoms with Gasteiger partial charge in [0.1, 0.15) is 0 Å². The molecule has 1 heterocycles. The third-order valence-electron chi connectivity index (χ3n) is 4.56. The van der Waals surface area contributed by atoms with Crippen LogP contribution in [0.2, 0.25) is 0 Å². The Morgan fingerprint density at radius 1 is 0.862 bits per heavy atom.